The standard InChI is InChI=1S/C15H22N2O.2ClH/c1-4-17(3)14-7-5-6-11-12(14)9-18-15(2)10-16-8-13(11)15;;/h5-7,13,16H,4,8-10H2,1-3H3;2*1H. The van der Waals surface area contributed by atoms with Gasteiger partial charge < -0.3 is 15.0 Å². The Kier molecular flexibility index (Phi) is 5.73. The van der Waals surface area contributed by atoms with E-state index in [0.717, 1.165) is 26.2 Å². The van der Waals surface area contributed by atoms with Crippen LogP contribution in [0.15, 0.2) is 18.2 Å². The van der Waals surface area contributed by atoms with Gasteiger partial charge in [-0.25, -0.2) is 0 Å². The molecule has 0 bridgehead atoms. The molecule has 2 aliphatic rings. The fourth-order valence-electron chi connectivity index (χ4n) is 3.24. The van der Waals surface area contributed by atoms with E-state index in [0.29, 0.717) is 5.92 Å². The average Bonchev–Trinajstić information content (AvgIpc) is 2.79. The van der Waals surface area contributed by atoms with Gasteiger partial charge in [-0.05, 0) is 25.5 Å². The summed E-state index contributed by atoms with van der Waals surface area (Å²) in [6.07, 6.45) is 0. The van der Waals surface area contributed by atoms with Crippen LogP contribution in [0, 0.1) is 0 Å². The van der Waals surface area contributed by atoms with Crippen LogP contribution < -0.4 is 10.2 Å². The molecule has 1 saturated heterocycles. The number of hydrogen-bond acceptors (Lipinski definition) is 3. The molecule has 20 heavy (non-hydrogen) atoms. The molecule has 1 N–H and O–H groups in total. The Morgan fingerprint density at radius 3 is 2.85 bits per heavy atom. The normalized spacial score (nSPS) is 26.9. The third-order valence-corrected chi connectivity index (χ3v) is 4.56. The van der Waals surface area contributed by atoms with E-state index in [1.165, 1.54) is 16.8 Å². The van der Waals surface area contributed by atoms with Gasteiger partial charge in [-0.1, -0.05) is 12.1 Å². The minimum Gasteiger partial charge on any atom is -0.375 e. The van der Waals surface area contributed by atoms with E-state index in [1.54, 1.807) is 0 Å². The Balaban J connectivity index is 0.000001000. The van der Waals surface area contributed by atoms with Gasteiger partial charge >= 0.3 is 0 Å². The monoisotopic (exact) mass is 318 g/mol. The molecule has 3 rings (SSSR count). The van der Waals surface area contributed by atoms with Crippen LogP contribution in [-0.4, -0.2) is 32.3 Å². The van der Waals surface area contributed by atoms with Crippen LogP contribution in [0.1, 0.15) is 30.9 Å². The molecule has 0 saturated carbocycles. The summed E-state index contributed by atoms with van der Waals surface area (Å²) in [4.78, 5) is 2.30. The number of halogens is 2. The van der Waals surface area contributed by atoms with Gasteiger partial charge in [0.15, 0.2) is 0 Å². The number of rotatable bonds is 2. The highest BCUT2D eigenvalue weighted by molar-refractivity contribution is 5.85. The average molecular weight is 319 g/mol. The zero-order valence-electron chi connectivity index (χ0n) is 12.3. The number of nitrogens with one attached hydrogen (secondary N) is 1. The van der Waals surface area contributed by atoms with E-state index in [1.807, 2.05) is 0 Å². The van der Waals surface area contributed by atoms with Crippen LogP contribution in [-0.2, 0) is 11.3 Å². The van der Waals surface area contributed by atoms with Gasteiger partial charge in [0.25, 0.3) is 0 Å². The molecular weight excluding hydrogens is 295 g/mol. The van der Waals surface area contributed by atoms with Gasteiger partial charge in [-0.3, -0.25) is 0 Å². The maximum atomic E-state index is 6.16. The van der Waals surface area contributed by atoms with Gasteiger partial charge in [-0.2, -0.15) is 0 Å². The first-order valence-electron chi connectivity index (χ1n) is 6.83. The molecule has 1 aromatic rings. The maximum Gasteiger partial charge on any atom is 0.0863 e. The maximum absolute atomic E-state index is 6.16. The Morgan fingerprint density at radius 1 is 1.40 bits per heavy atom. The first-order valence-corrected chi connectivity index (χ1v) is 6.83. The Morgan fingerprint density at radius 2 is 2.15 bits per heavy atom. The second-order valence-electron chi connectivity index (χ2n) is 5.64. The van der Waals surface area contributed by atoms with E-state index >= 15 is 0 Å². The Hall–Kier alpha value is -0.480. The molecule has 2 atom stereocenters. The summed E-state index contributed by atoms with van der Waals surface area (Å²) in [7, 11) is 2.15. The van der Waals surface area contributed by atoms with Gasteiger partial charge in [0.2, 0.25) is 0 Å². The summed E-state index contributed by atoms with van der Waals surface area (Å²) in [5.41, 5.74) is 4.17. The first-order chi connectivity index (χ1) is 8.65. The van der Waals surface area contributed by atoms with Crippen molar-refractivity contribution in [2.24, 2.45) is 0 Å². The van der Waals surface area contributed by atoms with E-state index < -0.39 is 0 Å². The highest BCUT2D eigenvalue weighted by Crippen LogP contribution is 2.43. The summed E-state index contributed by atoms with van der Waals surface area (Å²) < 4.78 is 6.16. The van der Waals surface area contributed by atoms with Crippen LogP contribution in [0.4, 0.5) is 5.69 Å². The molecule has 114 valence electrons. The zero-order valence-corrected chi connectivity index (χ0v) is 13.9. The van der Waals surface area contributed by atoms with Crippen LogP contribution in [0.5, 0.6) is 0 Å². The molecule has 2 aliphatic heterocycles. The van der Waals surface area contributed by atoms with E-state index in [-0.39, 0.29) is 30.4 Å². The molecule has 0 amide bonds. The lowest BCUT2D eigenvalue weighted by Crippen LogP contribution is -2.40. The van der Waals surface area contributed by atoms with Crippen molar-refractivity contribution in [1.29, 1.82) is 0 Å². The molecular formula is C15H24Cl2N2O. The van der Waals surface area contributed by atoms with Crippen LogP contribution in [0.2, 0.25) is 0 Å². The lowest BCUT2D eigenvalue weighted by Gasteiger charge is -2.38. The summed E-state index contributed by atoms with van der Waals surface area (Å²) in [5.74, 6) is 0.492. The minimum absolute atomic E-state index is 0. The number of fused-ring (bicyclic) bond motifs is 3. The topological polar surface area (TPSA) is 24.5 Å². The highest BCUT2D eigenvalue weighted by atomic mass is 35.5. The predicted molar refractivity (Wildman–Crippen MR) is 88.7 cm³/mol. The van der Waals surface area contributed by atoms with Crippen molar-refractivity contribution in [3.63, 3.8) is 0 Å². The largest absolute Gasteiger partial charge is 0.375 e. The lowest BCUT2D eigenvalue weighted by molar-refractivity contribution is -0.0515. The summed E-state index contributed by atoms with van der Waals surface area (Å²) in [5, 5.41) is 3.47. The molecule has 5 heteroatoms. The summed E-state index contributed by atoms with van der Waals surface area (Å²) in [6, 6.07) is 6.67. The lowest BCUT2D eigenvalue weighted by atomic mass is 9.81. The third kappa shape index (κ3) is 2.64. The number of nitrogens with zero attached hydrogens (tertiary/aromatic N) is 1. The Bertz CT molecular complexity index is 469. The van der Waals surface area contributed by atoms with Gasteiger partial charge in [0, 0.05) is 43.9 Å². The quantitative estimate of drug-likeness (QED) is 0.907. The van der Waals surface area contributed by atoms with Crippen LogP contribution in [0.25, 0.3) is 0 Å². The second kappa shape index (κ2) is 6.52. The molecule has 0 radical (unpaired) electrons. The third-order valence-electron chi connectivity index (χ3n) is 4.56. The molecule has 0 aliphatic carbocycles. The molecule has 0 spiro atoms. The van der Waals surface area contributed by atoms with Crippen molar-refractivity contribution in [2.45, 2.75) is 32.0 Å². The molecule has 2 heterocycles. The zero-order chi connectivity index (χ0) is 12.8. The van der Waals surface area contributed by atoms with E-state index in [2.05, 4.69) is 49.3 Å². The fourth-order valence-corrected chi connectivity index (χ4v) is 3.24. The van der Waals surface area contributed by atoms with Crippen molar-refractivity contribution in [1.82, 2.24) is 5.32 Å². The van der Waals surface area contributed by atoms with Gasteiger partial charge in [0.1, 0.15) is 0 Å². The van der Waals surface area contributed by atoms with Gasteiger partial charge in [0.05, 0.1) is 12.2 Å². The Labute approximate surface area is 133 Å². The molecule has 3 nitrogen and oxygen atoms in total. The van der Waals surface area contributed by atoms with E-state index in [4.69, 9.17) is 4.74 Å². The molecule has 1 aromatic carbocycles. The SMILES string of the molecule is CCN(C)c1cccc2c1COC1(C)CNCC21.Cl.Cl. The minimum atomic E-state index is -0.0175. The second-order valence-corrected chi connectivity index (χ2v) is 5.64. The number of benzene rings is 1. The van der Waals surface area contributed by atoms with Crippen LogP contribution in [0.3, 0.4) is 0 Å². The number of hydrogen-bond donors (Lipinski definition) is 1. The first kappa shape index (κ1) is 17.6. The van der Waals surface area contributed by atoms with Gasteiger partial charge in [-0.15, -0.1) is 24.8 Å². The van der Waals surface area contributed by atoms with Crippen molar-refractivity contribution in [3.8, 4) is 0 Å². The van der Waals surface area contributed by atoms with Crippen molar-refractivity contribution in [3.05, 3.63) is 29.3 Å². The smallest absolute Gasteiger partial charge is 0.0863 e. The van der Waals surface area contributed by atoms with Crippen LogP contribution >= 0.6 is 24.8 Å². The summed E-state index contributed by atoms with van der Waals surface area (Å²) in [6.45, 7) is 8.18. The molecule has 1 fully saturated rings. The fraction of sp³-hybridized carbons (Fsp3) is 0.600. The van der Waals surface area contributed by atoms with Crippen molar-refractivity contribution in [2.75, 3.05) is 31.6 Å². The highest BCUT2D eigenvalue weighted by Gasteiger charge is 2.44. The summed E-state index contributed by atoms with van der Waals surface area (Å²) >= 11 is 0. The van der Waals surface area contributed by atoms with Crippen molar-refractivity contribution < 1.29 is 4.74 Å². The predicted octanol–water partition coefficient (Wildman–Crippen LogP) is 2.96. The van der Waals surface area contributed by atoms with E-state index in [9.17, 15) is 0 Å². The molecule has 0 aromatic heterocycles. The number of anilines is 1. The van der Waals surface area contributed by atoms with Crippen molar-refractivity contribution >= 4 is 30.5 Å². The molecule has 2 unspecified atom stereocenters. The number of ether oxygens (including phenoxy) is 1.